The Labute approximate surface area is 128 Å². The summed E-state index contributed by atoms with van der Waals surface area (Å²) in [5.41, 5.74) is 1.48. The molecule has 0 aromatic heterocycles. The van der Waals surface area contributed by atoms with Gasteiger partial charge in [-0.25, -0.2) is 4.39 Å². The predicted octanol–water partition coefficient (Wildman–Crippen LogP) is 1.48. The molecule has 1 aromatic carbocycles. The van der Waals surface area contributed by atoms with Crippen molar-refractivity contribution in [1.29, 1.82) is 0 Å². The molecule has 21 heavy (non-hydrogen) atoms. The second-order valence-corrected chi connectivity index (χ2v) is 5.65. The van der Waals surface area contributed by atoms with Gasteiger partial charge < -0.3 is 4.90 Å². The Bertz CT molecular complexity index is 662. The van der Waals surface area contributed by atoms with Crippen LogP contribution in [-0.2, 0) is 21.5 Å². The van der Waals surface area contributed by atoms with Crippen molar-refractivity contribution in [3.8, 4) is 0 Å². The molecular formula is C14H12BrFN2O3. The van der Waals surface area contributed by atoms with Crippen molar-refractivity contribution in [1.82, 2.24) is 10.2 Å². The lowest BCUT2D eigenvalue weighted by Crippen LogP contribution is -2.52. The van der Waals surface area contributed by atoms with Crippen LogP contribution in [0.4, 0.5) is 4.39 Å². The van der Waals surface area contributed by atoms with E-state index in [1.54, 1.807) is 0 Å². The van der Waals surface area contributed by atoms with Crippen molar-refractivity contribution in [2.45, 2.75) is 30.8 Å². The summed E-state index contributed by atoms with van der Waals surface area (Å²) >= 11 is 3.22. The topological polar surface area (TPSA) is 66.5 Å². The van der Waals surface area contributed by atoms with E-state index in [4.69, 9.17) is 0 Å². The van der Waals surface area contributed by atoms with Crippen LogP contribution in [0.5, 0.6) is 0 Å². The van der Waals surface area contributed by atoms with Crippen LogP contribution in [0.15, 0.2) is 12.1 Å². The molecule has 2 heterocycles. The number of hydrogen-bond acceptors (Lipinski definition) is 3. The number of rotatable bonds is 2. The van der Waals surface area contributed by atoms with E-state index in [9.17, 15) is 18.8 Å². The molecule has 0 spiro atoms. The Hall–Kier alpha value is -1.76. The number of halogens is 2. The monoisotopic (exact) mass is 354 g/mol. The van der Waals surface area contributed by atoms with Gasteiger partial charge in [0.1, 0.15) is 11.9 Å². The smallest absolute Gasteiger partial charge is 0.255 e. The first-order valence-electron chi connectivity index (χ1n) is 6.53. The molecule has 0 aliphatic carbocycles. The molecule has 2 aliphatic rings. The van der Waals surface area contributed by atoms with Crippen LogP contribution >= 0.6 is 15.9 Å². The number of nitrogens with one attached hydrogen (secondary N) is 1. The molecular weight excluding hydrogens is 343 g/mol. The average molecular weight is 355 g/mol. The molecule has 5 nitrogen and oxygen atoms in total. The Morgan fingerprint density at radius 3 is 2.76 bits per heavy atom. The molecule has 0 saturated carbocycles. The van der Waals surface area contributed by atoms with Gasteiger partial charge in [-0.3, -0.25) is 19.7 Å². The molecule has 3 amide bonds. The van der Waals surface area contributed by atoms with E-state index in [-0.39, 0.29) is 30.6 Å². The molecule has 3 rings (SSSR count). The maximum Gasteiger partial charge on any atom is 0.255 e. The van der Waals surface area contributed by atoms with E-state index >= 15 is 0 Å². The number of alkyl halides is 1. The van der Waals surface area contributed by atoms with E-state index in [1.165, 1.54) is 17.0 Å². The summed E-state index contributed by atoms with van der Waals surface area (Å²) in [7, 11) is 0. The summed E-state index contributed by atoms with van der Waals surface area (Å²) < 4.78 is 13.8. The zero-order valence-corrected chi connectivity index (χ0v) is 12.6. The first-order chi connectivity index (χ1) is 10.0. The first kappa shape index (κ1) is 14.2. The predicted molar refractivity (Wildman–Crippen MR) is 75.1 cm³/mol. The molecule has 1 unspecified atom stereocenters. The molecule has 1 N–H and O–H groups in total. The van der Waals surface area contributed by atoms with Crippen molar-refractivity contribution in [3.63, 3.8) is 0 Å². The maximum absolute atomic E-state index is 13.8. The summed E-state index contributed by atoms with van der Waals surface area (Å²) in [6.07, 6.45) is 0.507. The third kappa shape index (κ3) is 2.25. The number of carbonyl (C=O) groups is 3. The lowest BCUT2D eigenvalue weighted by molar-refractivity contribution is -0.136. The SMILES string of the molecule is O=C1CCC(N2Cc3c(ccc(F)c3CBr)C2=O)C(=O)N1. The van der Waals surface area contributed by atoms with Gasteiger partial charge in [-0.15, -0.1) is 0 Å². The number of amides is 3. The fourth-order valence-electron chi connectivity index (χ4n) is 2.82. The molecule has 110 valence electrons. The Balaban J connectivity index is 1.93. The third-order valence-corrected chi connectivity index (χ3v) is 4.47. The minimum absolute atomic E-state index is 0.194. The van der Waals surface area contributed by atoms with Crippen LogP contribution in [0.1, 0.15) is 34.3 Å². The number of piperidine rings is 1. The van der Waals surface area contributed by atoms with Gasteiger partial charge in [-0.05, 0) is 24.1 Å². The van der Waals surface area contributed by atoms with Crippen LogP contribution in [0.25, 0.3) is 0 Å². The zero-order chi connectivity index (χ0) is 15.1. The fraction of sp³-hybridized carbons (Fsp3) is 0.357. The molecule has 1 saturated heterocycles. The van der Waals surface area contributed by atoms with Crippen LogP contribution in [0.2, 0.25) is 0 Å². The Morgan fingerprint density at radius 2 is 2.10 bits per heavy atom. The maximum atomic E-state index is 13.8. The Morgan fingerprint density at radius 1 is 1.33 bits per heavy atom. The number of imide groups is 1. The van der Waals surface area contributed by atoms with Crippen LogP contribution in [0, 0.1) is 5.82 Å². The third-order valence-electron chi connectivity index (χ3n) is 3.91. The standard InChI is InChI=1S/C14H12BrFN2O3/c15-5-8-9-6-18(11-3-4-12(19)17-13(11)20)14(21)7(9)1-2-10(8)16/h1-2,11H,3-6H2,(H,17,19,20). The minimum atomic E-state index is -0.672. The van der Waals surface area contributed by atoms with Crippen LogP contribution < -0.4 is 5.32 Å². The van der Waals surface area contributed by atoms with Crippen molar-refractivity contribution < 1.29 is 18.8 Å². The van der Waals surface area contributed by atoms with Gasteiger partial charge >= 0.3 is 0 Å². The minimum Gasteiger partial charge on any atom is -0.322 e. The van der Waals surface area contributed by atoms with Crippen LogP contribution in [0.3, 0.4) is 0 Å². The summed E-state index contributed by atoms with van der Waals surface area (Å²) in [5.74, 6) is -1.45. The van der Waals surface area contributed by atoms with Crippen molar-refractivity contribution in [3.05, 3.63) is 34.6 Å². The second-order valence-electron chi connectivity index (χ2n) is 5.09. The summed E-state index contributed by atoms with van der Waals surface area (Å²) in [4.78, 5) is 36.9. The van der Waals surface area contributed by atoms with Gasteiger partial charge in [0, 0.05) is 29.4 Å². The number of carbonyl (C=O) groups excluding carboxylic acids is 3. The fourth-order valence-corrected chi connectivity index (χ4v) is 3.42. The van der Waals surface area contributed by atoms with Crippen molar-refractivity contribution in [2.75, 3.05) is 0 Å². The van der Waals surface area contributed by atoms with Crippen LogP contribution in [-0.4, -0.2) is 28.7 Å². The van der Waals surface area contributed by atoms with Gasteiger partial charge in [0.25, 0.3) is 5.91 Å². The van der Waals surface area contributed by atoms with Gasteiger partial charge in [0.05, 0.1) is 0 Å². The molecule has 1 fully saturated rings. The number of benzene rings is 1. The highest BCUT2D eigenvalue weighted by Crippen LogP contribution is 2.31. The number of nitrogens with zero attached hydrogens (tertiary/aromatic N) is 1. The first-order valence-corrected chi connectivity index (χ1v) is 7.66. The second kappa shape index (κ2) is 5.22. The quantitative estimate of drug-likeness (QED) is 0.646. The van der Waals surface area contributed by atoms with Gasteiger partial charge in [-0.2, -0.15) is 0 Å². The lowest BCUT2D eigenvalue weighted by atomic mass is 10.0. The van der Waals surface area contributed by atoms with E-state index < -0.39 is 11.9 Å². The zero-order valence-electron chi connectivity index (χ0n) is 11.0. The average Bonchev–Trinajstić information content (AvgIpc) is 2.76. The van der Waals surface area contributed by atoms with Gasteiger partial charge in [0.15, 0.2) is 0 Å². The summed E-state index contributed by atoms with van der Waals surface area (Å²) in [6, 6.07) is 2.04. The van der Waals surface area contributed by atoms with E-state index in [0.717, 1.165) is 0 Å². The molecule has 0 bridgehead atoms. The van der Waals surface area contributed by atoms with Gasteiger partial charge in [0.2, 0.25) is 11.8 Å². The highest BCUT2D eigenvalue weighted by molar-refractivity contribution is 9.08. The normalized spacial score (nSPS) is 21.5. The number of fused-ring (bicyclic) bond motifs is 1. The Kier molecular flexibility index (Phi) is 3.52. The molecule has 0 radical (unpaired) electrons. The largest absolute Gasteiger partial charge is 0.322 e. The molecule has 1 atom stereocenters. The highest BCUT2D eigenvalue weighted by atomic mass is 79.9. The van der Waals surface area contributed by atoms with E-state index in [1.807, 2.05) is 0 Å². The molecule has 1 aromatic rings. The van der Waals surface area contributed by atoms with E-state index in [0.29, 0.717) is 28.4 Å². The summed E-state index contributed by atoms with van der Waals surface area (Å²) in [6.45, 7) is 0.194. The molecule has 2 aliphatic heterocycles. The highest BCUT2D eigenvalue weighted by Gasteiger charge is 2.40. The number of hydrogen-bond donors (Lipinski definition) is 1. The van der Waals surface area contributed by atoms with Crippen molar-refractivity contribution in [2.24, 2.45) is 0 Å². The summed E-state index contributed by atoms with van der Waals surface area (Å²) in [5, 5.41) is 2.54. The molecule has 7 heteroatoms. The van der Waals surface area contributed by atoms with E-state index in [2.05, 4.69) is 21.2 Å². The van der Waals surface area contributed by atoms with Crippen molar-refractivity contribution >= 4 is 33.7 Å². The van der Waals surface area contributed by atoms with Gasteiger partial charge in [-0.1, -0.05) is 15.9 Å². The lowest BCUT2D eigenvalue weighted by Gasteiger charge is -2.29.